The Morgan fingerprint density at radius 2 is 1.88 bits per heavy atom. The Morgan fingerprint density at radius 3 is 2.46 bits per heavy atom. The summed E-state index contributed by atoms with van der Waals surface area (Å²) >= 11 is 0. The highest BCUT2D eigenvalue weighted by atomic mass is 16.5. The smallest absolute Gasteiger partial charge is 0.430 e. The summed E-state index contributed by atoms with van der Waals surface area (Å²) in [7, 11) is 0. The first kappa shape index (κ1) is 18.5. The highest BCUT2D eigenvalue weighted by Gasteiger charge is 2.26. The molecule has 6 heteroatoms. The molecule has 1 unspecified atom stereocenters. The van der Waals surface area contributed by atoms with Gasteiger partial charge in [0, 0.05) is 18.7 Å². The van der Waals surface area contributed by atoms with E-state index in [1.165, 1.54) is 0 Å². The largest absolute Gasteiger partial charge is 0.493 e. The third-order valence-electron chi connectivity index (χ3n) is 3.98. The molecule has 1 atom stereocenters. The molecule has 1 aromatic rings. The van der Waals surface area contributed by atoms with Crippen LogP contribution in [0.2, 0.25) is 0 Å². The quantitative estimate of drug-likeness (QED) is 0.542. The van der Waals surface area contributed by atoms with Crippen molar-refractivity contribution in [1.82, 2.24) is 5.32 Å². The van der Waals surface area contributed by atoms with Gasteiger partial charge in [-0.25, -0.2) is 0 Å². The van der Waals surface area contributed by atoms with Gasteiger partial charge in [0.05, 0.1) is 32.0 Å². The molecule has 1 aromatic carbocycles. The van der Waals surface area contributed by atoms with Crippen LogP contribution >= 0.6 is 0 Å². The van der Waals surface area contributed by atoms with Crippen LogP contribution in [0.1, 0.15) is 51.2 Å². The molecule has 1 heterocycles. The molecule has 1 saturated heterocycles. The number of ether oxygens (including phenoxy) is 3. The van der Waals surface area contributed by atoms with Crippen molar-refractivity contribution >= 4 is 5.69 Å². The number of diazo groups is 1. The first-order valence-corrected chi connectivity index (χ1v) is 8.91. The molecule has 0 spiro atoms. The molecule has 1 aliphatic heterocycles. The fourth-order valence-corrected chi connectivity index (χ4v) is 2.55. The van der Waals surface area contributed by atoms with E-state index in [4.69, 9.17) is 14.2 Å². The maximum absolute atomic E-state index is 9.32. The van der Waals surface area contributed by atoms with Gasteiger partial charge in [0.15, 0.2) is 4.98 Å². The van der Waals surface area contributed by atoms with Gasteiger partial charge < -0.3 is 19.5 Å². The van der Waals surface area contributed by atoms with Gasteiger partial charge in [-0.1, -0.05) is 26.7 Å². The number of hydrogen-bond donors (Lipinski definition) is 1. The van der Waals surface area contributed by atoms with Crippen LogP contribution in [0.4, 0.5) is 5.69 Å². The molecule has 1 fully saturated rings. The number of rotatable bonds is 9. The van der Waals surface area contributed by atoms with E-state index in [1.54, 1.807) is 6.07 Å². The molecule has 0 aliphatic carbocycles. The zero-order chi connectivity index (χ0) is 17.2. The lowest BCUT2D eigenvalue weighted by Crippen LogP contribution is -2.33. The second-order valence-electron chi connectivity index (χ2n) is 5.93. The van der Waals surface area contributed by atoms with Gasteiger partial charge in [-0.05, 0) is 18.9 Å². The van der Waals surface area contributed by atoms with Crippen molar-refractivity contribution in [3.8, 4) is 11.5 Å². The van der Waals surface area contributed by atoms with Gasteiger partial charge >= 0.3 is 5.69 Å². The van der Waals surface area contributed by atoms with E-state index >= 15 is 0 Å². The monoisotopic (exact) mass is 334 g/mol. The lowest BCUT2D eigenvalue weighted by atomic mass is 10.1. The third-order valence-corrected chi connectivity index (χ3v) is 3.98. The first-order chi connectivity index (χ1) is 11.8. The predicted octanol–water partition coefficient (Wildman–Crippen LogP) is 4.19. The molecule has 0 saturated carbocycles. The van der Waals surface area contributed by atoms with Crippen molar-refractivity contribution < 1.29 is 14.2 Å². The van der Waals surface area contributed by atoms with E-state index in [0.717, 1.165) is 44.3 Å². The summed E-state index contributed by atoms with van der Waals surface area (Å²) in [6.07, 6.45) is 3.95. The van der Waals surface area contributed by atoms with E-state index in [0.29, 0.717) is 37.0 Å². The Labute approximate surface area is 144 Å². The van der Waals surface area contributed by atoms with Crippen molar-refractivity contribution in [3.05, 3.63) is 22.7 Å². The highest BCUT2D eigenvalue weighted by Crippen LogP contribution is 2.39. The molecular formula is C18H28N3O3+. The Hall–Kier alpha value is -1.84. The molecule has 1 N–H and O–H groups in total. The van der Waals surface area contributed by atoms with Crippen molar-refractivity contribution in [1.29, 1.82) is 5.39 Å². The third kappa shape index (κ3) is 5.08. The van der Waals surface area contributed by atoms with Gasteiger partial charge in [0.25, 0.3) is 0 Å². The van der Waals surface area contributed by atoms with Crippen LogP contribution in [0.25, 0.3) is 4.98 Å². The molecule has 6 nitrogen and oxygen atoms in total. The average molecular weight is 334 g/mol. The minimum absolute atomic E-state index is 0.0864. The number of nitrogens with one attached hydrogen (secondary N) is 1. The van der Waals surface area contributed by atoms with E-state index in [2.05, 4.69) is 24.1 Å². The van der Waals surface area contributed by atoms with Gasteiger partial charge in [-0.15, -0.1) is 0 Å². The number of hydrogen-bond acceptors (Lipinski definition) is 5. The Morgan fingerprint density at radius 1 is 1.17 bits per heavy atom. The zero-order valence-corrected chi connectivity index (χ0v) is 14.7. The summed E-state index contributed by atoms with van der Waals surface area (Å²) in [5.74, 6) is 1.27. The maximum Gasteiger partial charge on any atom is 0.430 e. The summed E-state index contributed by atoms with van der Waals surface area (Å²) < 4.78 is 17.6. The normalized spacial score (nSPS) is 17.3. The second-order valence-corrected chi connectivity index (χ2v) is 5.93. The molecule has 0 radical (unpaired) electrons. The molecule has 24 heavy (non-hydrogen) atoms. The van der Waals surface area contributed by atoms with E-state index < -0.39 is 0 Å². The van der Waals surface area contributed by atoms with Gasteiger partial charge in [-0.3, -0.25) is 0 Å². The van der Waals surface area contributed by atoms with Crippen LogP contribution in [0.3, 0.4) is 0 Å². The van der Waals surface area contributed by atoms with Crippen molar-refractivity contribution in [3.63, 3.8) is 0 Å². The van der Waals surface area contributed by atoms with Crippen LogP contribution in [0, 0.1) is 5.39 Å². The van der Waals surface area contributed by atoms with Crippen molar-refractivity contribution in [2.75, 3.05) is 32.9 Å². The predicted molar refractivity (Wildman–Crippen MR) is 93.6 cm³/mol. The Balaban J connectivity index is 2.26. The standard InChI is InChI=1S/C18H28N3O3/c1-3-5-8-22-16-12-15(21-19)17(23-9-6-4-2)11-14(16)18-13-20-7-10-24-18/h11-12,18,20H,3-10,13H2,1-2H3/q+1. The number of benzene rings is 1. The van der Waals surface area contributed by atoms with Crippen LogP contribution in [-0.4, -0.2) is 32.9 Å². The van der Waals surface area contributed by atoms with Crippen LogP contribution in [-0.2, 0) is 4.74 Å². The summed E-state index contributed by atoms with van der Waals surface area (Å²) in [6.45, 7) is 7.70. The molecule has 132 valence electrons. The number of nitrogens with zero attached hydrogens (tertiary/aromatic N) is 2. The lowest BCUT2D eigenvalue weighted by Gasteiger charge is -2.25. The second kappa shape index (κ2) is 10.1. The fraction of sp³-hybridized carbons (Fsp3) is 0.667. The highest BCUT2D eigenvalue weighted by molar-refractivity contribution is 5.63. The van der Waals surface area contributed by atoms with Crippen molar-refractivity contribution in [2.24, 2.45) is 0 Å². The van der Waals surface area contributed by atoms with Gasteiger partial charge in [0.1, 0.15) is 5.75 Å². The molecule has 0 bridgehead atoms. The van der Waals surface area contributed by atoms with E-state index in [1.807, 2.05) is 6.07 Å². The topological polar surface area (TPSA) is 67.9 Å². The summed E-state index contributed by atoms with van der Waals surface area (Å²) in [4.78, 5) is 3.36. The number of unbranched alkanes of at least 4 members (excludes halogenated alkanes) is 2. The van der Waals surface area contributed by atoms with Gasteiger partial charge in [-0.2, -0.15) is 0 Å². The SMILES string of the molecule is CCCCOc1cc(C2CNCCO2)c(OCCCC)cc1[N+]#N. The van der Waals surface area contributed by atoms with Crippen molar-refractivity contribution in [2.45, 2.75) is 45.6 Å². The summed E-state index contributed by atoms with van der Waals surface area (Å²) in [5.41, 5.74) is 1.34. The van der Waals surface area contributed by atoms with Crippen LogP contribution in [0.5, 0.6) is 11.5 Å². The van der Waals surface area contributed by atoms with E-state index in [9.17, 15) is 5.39 Å². The maximum atomic E-state index is 9.32. The molecule has 0 amide bonds. The van der Waals surface area contributed by atoms with Gasteiger partial charge in [0.2, 0.25) is 11.1 Å². The minimum Gasteiger partial charge on any atom is -0.493 e. The van der Waals surface area contributed by atoms with Crippen LogP contribution < -0.4 is 14.8 Å². The van der Waals surface area contributed by atoms with E-state index in [-0.39, 0.29) is 6.10 Å². The molecule has 0 aromatic heterocycles. The zero-order valence-electron chi connectivity index (χ0n) is 14.7. The summed E-state index contributed by atoms with van der Waals surface area (Å²) in [6, 6.07) is 3.63. The summed E-state index contributed by atoms with van der Waals surface area (Å²) in [5, 5.41) is 12.7. The molecular weight excluding hydrogens is 306 g/mol. The molecule has 1 aliphatic rings. The number of morpholine rings is 1. The first-order valence-electron chi connectivity index (χ1n) is 8.91. The lowest BCUT2D eigenvalue weighted by molar-refractivity contribution is 0.0257. The molecule has 2 rings (SSSR count). The minimum atomic E-state index is -0.0864. The van der Waals surface area contributed by atoms with Crippen LogP contribution in [0.15, 0.2) is 12.1 Å². The Kier molecular flexibility index (Phi) is 7.80. The average Bonchev–Trinajstić information content (AvgIpc) is 2.63. The fourth-order valence-electron chi connectivity index (χ4n) is 2.55. The Bertz CT molecular complexity index is 551.